The molecule has 3 rings (SSSR count). The summed E-state index contributed by atoms with van der Waals surface area (Å²) in [7, 11) is 0. The van der Waals surface area contributed by atoms with E-state index >= 15 is 0 Å². The van der Waals surface area contributed by atoms with Crippen molar-refractivity contribution >= 4 is 17.8 Å². The van der Waals surface area contributed by atoms with Crippen LogP contribution in [0.3, 0.4) is 0 Å². The summed E-state index contributed by atoms with van der Waals surface area (Å²) in [5.74, 6) is -0.873. The van der Waals surface area contributed by atoms with Gasteiger partial charge in [-0.1, -0.05) is 0 Å². The van der Waals surface area contributed by atoms with Crippen LogP contribution in [0.15, 0.2) is 24.3 Å². The number of nitrogens with one attached hydrogen (secondary N) is 2. The predicted molar refractivity (Wildman–Crippen MR) is 88.4 cm³/mol. The minimum Gasteiger partial charge on any atom is -0.336 e. The molecule has 0 bridgehead atoms. The maximum atomic E-state index is 12.9. The second kappa shape index (κ2) is 7.60. The SMILES string of the molecule is O=C(CN1CCN(C(=O)c2ccc(F)cc2)CC1)NC(=O)NC1CC1. The van der Waals surface area contributed by atoms with E-state index in [1.807, 2.05) is 4.90 Å². The predicted octanol–water partition coefficient (Wildman–Crippen LogP) is 0.572. The first kappa shape index (κ1) is 17.3. The second-order valence-electron chi connectivity index (χ2n) is 6.37. The van der Waals surface area contributed by atoms with Crippen LogP contribution in [0.2, 0.25) is 0 Å². The third-order valence-electron chi connectivity index (χ3n) is 4.28. The Kier molecular flexibility index (Phi) is 5.28. The third-order valence-corrected chi connectivity index (χ3v) is 4.28. The second-order valence-corrected chi connectivity index (χ2v) is 6.37. The van der Waals surface area contributed by atoms with Gasteiger partial charge >= 0.3 is 6.03 Å². The fraction of sp³-hybridized carbons (Fsp3) is 0.471. The Morgan fingerprint density at radius 3 is 2.28 bits per heavy atom. The lowest BCUT2D eigenvalue weighted by molar-refractivity contribution is -0.121. The lowest BCUT2D eigenvalue weighted by Gasteiger charge is -2.34. The quantitative estimate of drug-likeness (QED) is 0.834. The molecule has 1 aromatic carbocycles. The van der Waals surface area contributed by atoms with Crippen molar-refractivity contribution in [3.05, 3.63) is 35.6 Å². The molecule has 1 aliphatic heterocycles. The first-order valence-electron chi connectivity index (χ1n) is 8.39. The molecule has 2 aliphatic rings. The zero-order valence-electron chi connectivity index (χ0n) is 13.8. The summed E-state index contributed by atoms with van der Waals surface area (Å²) < 4.78 is 12.9. The van der Waals surface area contributed by atoms with Crippen LogP contribution in [0, 0.1) is 5.82 Å². The molecular weight excluding hydrogens is 327 g/mol. The highest BCUT2D eigenvalue weighted by Crippen LogP contribution is 2.18. The number of nitrogens with zero attached hydrogens (tertiary/aromatic N) is 2. The van der Waals surface area contributed by atoms with Crippen LogP contribution >= 0.6 is 0 Å². The molecule has 4 amide bonds. The van der Waals surface area contributed by atoms with Gasteiger partial charge in [-0.15, -0.1) is 0 Å². The molecule has 2 fully saturated rings. The molecule has 7 nitrogen and oxygen atoms in total. The van der Waals surface area contributed by atoms with Gasteiger partial charge < -0.3 is 10.2 Å². The van der Waals surface area contributed by atoms with Gasteiger partial charge in [-0.25, -0.2) is 9.18 Å². The van der Waals surface area contributed by atoms with E-state index in [4.69, 9.17) is 0 Å². The fourth-order valence-corrected chi connectivity index (χ4v) is 2.70. The van der Waals surface area contributed by atoms with Crippen molar-refractivity contribution in [1.82, 2.24) is 20.4 Å². The molecule has 0 radical (unpaired) electrons. The number of rotatable bonds is 4. The van der Waals surface area contributed by atoms with Gasteiger partial charge in [-0.3, -0.25) is 19.8 Å². The van der Waals surface area contributed by atoms with E-state index in [9.17, 15) is 18.8 Å². The monoisotopic (exact) mass is 348 g/mol. The van der Waals surface area contributed by atoms with E-state index < -0.39 is 6.03 Å². The number of halogens is 1. The van der Waals surface area contributed by atoms with Gasteiger partial charge in [-0.2, -0.15) is 0 Å². The minimum atomic E-state index is -0.447. The summed E-state index contributed by atoms with van der Waals surface area (Å²) >= 11 is 0. The van der Waals surface area contributed by atoms with Crippen LogP contribution in [0.5, 0.6) is 0 Å². The highest BCUT2D eigenvalue weighted by Gasteiger charge is 2.26. The Morgan fingerprint density at radius 1 is 1.04 bits per heavy atom. The molecule has 25 heavy (non-hydrogen) atoms. The molecule has 1 aromatic rings. The molecule has 1 saturated heterocycles. The Balaban J connectivity index is 1.41. The van der Waals surface area contributed by atoms with Gasteiger partial charge in [0.1, 0.15) is 5.82 Å². The van der Waals surface area contributed by atoms with E-state index in [1.165, 1.54) is 24.3 Å². The zero-order valence-corrected chi connectivity index (χ0v) is 13.8. The lowest BCUT2D eigenvalue weighted by atomic mass is 10.2. The van der Waals surface area contributed by atoms with Crippen LogP contribution in [-0.4, -0.2) is 66.4 Å². The Bertz CT molecular complexity index is 652. The van der Waals surface area contributed by atoms with Gasteiger partial charge in [0.2, 0.25) is 5.91 Å². The maximum Gasteiger partial charge on any atom is 0.321 e. The van der Waals surface area contributed by atoms with Crippen molar-refractivity contribution in [1.29, 1.82) is 0 Å². The summed E-state index contributed by atoms with van der Waals surface area (Å²) in [6.45, 7) is 2.18. The summed E-state index contributed by atoms with van der Waals surface area (Å²) in [4.78, 5) is 39.3. The van der Waals surface area contributed by atoms with E-state index in [0.29, 0.717) is 31.7 Å². The molecule has 8 heteroatoms. The Hall–Kier alpha value is -2.48. The summed E-state index contributed by atoms with van der Waals surface area (Å²) in [6.07, 6.45) is 1.93. The minimum absolute atomic E-state index is 0.122. The average molecular weight is 348 g/mol. The summed E-state index contributed by atoms with van der Waals surface area (Å²) in [6, 6.07) is 5.22. The van der Waals surface area contributed by atoms with E-state index in [2.05, 4.69) is 10.6 Å². The van der Waals surface area contributed by atoms with Crippen LogP contribution in [-0.2, 0) is 4.79 Å². The van der Waals surface area contributed by atoms with Crippen molar-refractivity contribution in [2.24, 2.45) is 0 Å². The first-order chi connectivity index (χ1) is 12.0. The van der Waals surface area contributed by atoms with Crippen LogP contribution < -0.4 is 10.6 Å². The Morgan fingerprint density at radius 2 is 1.68 bits per heavy atom. The number of piperazine rings is 1. The molecule has 0 unspecified atom stereocenters. The van der Waals surface area contributed by atoms with Gasteiger partial charge in [-0.05, 0) is 37.1 Å². The van der Waals surface area contributed by atoms with Crippen molar-refractivity contribution in [3.63, 3.8) is 0 Å². The average Bonchev–Trinajstić information content (AvgIpc) is 3.39. The number of carbonyl (C=O) groups is 3. The first-order valence-corrected chi connectivity index (χ1v) is 8.39. The topological polar surface area (TPSA) is 81.8 Å². The number of benzene rings is 1. The zero-order chi connectivity index (χ0) is 17.8. The molecular formula is C17H21FN4O3. The Labute approximate surface area is 145 Å². The third kappa shape index (κ3) is 4.99. The van der Waals surface area contributed by atoms with Gasteiger partial charge in [0.25, 0.3) is 5.91 Å². The standard InChI is InChI=1S/C17H21FN4O3/c18-13-3-1-12(2-4-13)16(24)22-9-7-21(8-10-22)11-15(23)20-17(25)19-14-5-6-14/h1-4,14H,5-11H2,(H2,19,20,23,25). The van der Waals surface area contributed by atoms with Gasteiger partial charge in [0.05, 0.1) is 6.54 Å². The van der Waals surface area contributed by atoms with E-state index in [-0.39, 0.29) is 30.2 Å². The molecule has 134 valence electrons. The van der Waals surface area contributed by atoms with E-state index in [1.54, 1.807) is 4.90 Å². The van der Waals surface area contributed by atoms with Crippen LogP contribution in [0.1, 0.15) is 23.2 Å². The molecule has 1 aliphatic carbocycles. The summed E-state index contributed by atoms with van der Waals surface area (Å²) in [5, 5.41) is 5.01. The van der Waals surface area contributed by atoms with Crippen molar-refractivity contribution in [2.45, 2.75) is 18.9 Å². The number of hydrogen-bond donors (Lipinski definition) is 2. The molecule has 0 aromatic heterocycles. The van der Waals surface area contributed by atoms with Crippen molar-refractivity contribution in [3.8, 4) is 0 Å². The van der Waals surface area contributed by atoms with E-state index in [0.717, 1.165) is 12.8 Å². The lowest BCUT2D eigenvalue weighted by Crippen LogP contribution is -2.52. The molecule has 1 heterocycles. The fourth-order valence-electron chi connectivity index (χ4n) is 2.70. The highest BCUT2D eigenvalue weighted by molar-refractivity contribution is 5.95. The van der Waals surface area contributed by atoms with Crippen molar-refractivity contribution in [2.75, 3.05) is 32.7 Å². The van der Waals surface area contributed by atoms with Gasteiger partial charge in [0.15, 0.2) is 0 Å². The normalized spacial score (nSPS) is 17.9. The smallest absolute Gasteiger partial charge is 0.321 e. The highest BCUT2D eigenvalue weighted by atomic mass is 19.1. The van der Waals surface area contributed by atoms with Crippen LogP contribution in [0.4, 0.5) is 9.18 Å². The van der Waals surface area contributed by atoms with Crippen molar-refractivity contribution < 1.29 is 18.8 Å². The number of carbonyl (C=O) groups excluding carboxylic acids is 3. The molecule has 0 atom stereocenters. The molecule has 0 spiro atoms. The maximum absolute atomic E-state index is 12.9. The number of hydrogen-bond acceptors (Lipinski definition) is 4. The van der Waals surface area contributed by atoms with Gasteiger partial charge in [0, 0.05) is 37.8 Å². The number of amides is 4. The number of urea groups is 1. The summed E-state index contributed by atoms with van der Waals surface area (Å²) in [5.41, 5.74) is 0.448. The largest absolute Gasteiger partial charge is 0.336 e. The molecule has 1 saturated carbocycles. The molecule has 2 N–H and O–H groups in total. The van der Waals surface area contributed by atoms with Crippen LogP contribution in [0.25, 0.3) is 0 Å². The number of imide groups is 1.